The highest BCUT2D eigenvalue weighted by molar-refractivity contribution is 7.99. The maximum absolute atomic E-state index is 11.4. The minimum Gasteiger partial charge on any atom is -0.478 e. The van der Waals surface area contributed by atoms with Crippen LogP contribution in [0.1, 0.15) is 40.9 Å². The number of hydrogen-bond acceptors (Lipinski definition) is 5. The van der Waals surface area contributed by atoms with E-state index < -0.39 is 5.97 Å². The molecule has 1 heterocycles. The maximum atomic E-state index is 11.4. The first-order valence-electron chi connectivity index (χ1n) is 6.39. The van der Waals surface area contributed by atoms with Gasteiger partial charge in [0.05, 0.1) is 5.69 Å². The molecule has 0 amide bonds. The van der Waals surface area contributed by atoms with Crippen LogP contribution >= 0.6 is 11.8 Å². The van der Waals surface area contributed by atoms with Crippen molar-refractivity contribution in [2.75, 3.05) is 11.6 Å². The van der Waals surface area contributed by atoms with Crippen LogP contribution in [-0.2, 0) is 0 Å². The molecule has 1 aliphatic rings. The molecule has 1 fully saturated rings. The average Bonchev–Trinajstić information content (AvgIpc) is 2.81. The maximum Gasteiger partial charge on any atom is 0.339 e. The molecular weight excluding hydrogens is 262 g/mol. The van der Waals surface area contributed by atoms with Gasteiger partial charge in [-0.3, -0.25) is 0 Å². The van der Waals surface area contributed by atoms with Crippen molar-refractivity contribution in [2.24, 2.45) is 0 Å². The topological polar surface area (TPSA) is 75.1 Å². The van der Waals surface area contributed by atoms with E-state index in [0.717, 1.165) is 12.8 Å². The van der Waals surface area contributed by atoms with Crippen LogP contribution in [0.25, 0.3) is 0 Å². The van der Waals surface area contributed by atoms with Crippen LogP contribution in [0.3, 0.4) is 0 Å². The lowest BCUT2D eigenvalue weighted by Gasteiger charge is -2.16. The summed E-state index contributed by atoms with van der Waals surface area (Å²) in [5, 5.41) is 21.3. The van der Waals surface area contributed by atoms with Crippen molar-refractivity contribution in [1.29, 1.82) is 0 Å². The smallest absolute Gasteiger partial charge is 0.339 e. The van der Waals surface area contributed by atoms with Crippen molar-refractivity contribution in [1.82, 2.24) is 10.2 Å². The average molecular weight is 281 g/mol. The number of carboxylic acids is 1. The zero-order valence-corrected chi connectivity index (χ0v) is 12.3. The van der Waals surface area contributed by atoms with Crippen LogP contribution in [-0.4, -0.2) is 38.8 Å². The molecule has 2 atom stereocenters. The monoisotopic (exact) mass is 281 g/mol. The second-order valence-corrected chi connectivity index (χ2v) is 6.09. The fraction of sp³-hybridized carbons (Fsp3) is 0.615. The Morgan fingerprint density at radius 1 is 1.37 bits per heavy atom. The number of carboxylic acid groups (broad SMARTS) is 1. The molecule has 1 aromatic rings. The van der Waals surface area contributed by atoms with Gasteiger partial charge in [-0.05, 0) is 44.9 Å². The summed E-state index contributed by atoms with van der Waals surface area (Å²) >= 11 is 1.87. The summed E-state index contributed by atoms with van der Waals surface area (Å²) in [7, 11) is 0. The Morgan fingerprint density at radius 2 is 2.11 bits per heavy atom. The summed E-state index contributed by atoms with van der Waals surface area (Å²) in [6.45, 7) is 3.55. The molecule has 0 spiro atoms. The Morgan fingerprint density at radius 3 is 2.68 bits per heavy atom. The number of nitrogens with one attached hydrogen (secondary N) is 1. The van der Waals surface area contributed by atoms with Gasteiger partial charge in [-0.2, -0.15) is 16.9 Å². The Labute approximate surface area is 117 Å². The van der Waals surface area contributed by atoms with Gasteiger partial charge >= 0.3 is 5.97 Å². The molecule has 1 aliphatic carbocycles. The second-order valence-electron chi connectivity index (χ2n) is 4.95. The zero-order valence-electron chi connectivity index (χ0n) is 11.4. The minimum atomic E-state index is -0.947. The fourth-order valence-corrected chi connectivity index (χ4v) is 3.25. The van der Waals surface area contributed by atoms with Gasteiger partial charge in [0.1, 0.15) is 5.56 Å². The van der Waals surface area contributed by atoms with Crippen molar-refractivity contribution in [3.63, 3.8) is 0 Å². The summed E-state index contributed by atoms with van der Waals surface area (Å²) in [6, 6.07) is 0.298. The lowest BCUT2D eigenvalue weighted by molar-refractivity contribution is 0.0696. The third kappa shape index (κ3) is 3.00. The van der Waals surface area contributed by atoms with Crippen molar-refractivity contribution >= 4 is 23.5 Å². The van der Waals surface area contributed by atoms with Gasteiger partial charge < -0.3 is 10.4 Å². The van der Waals surface area contributed by atoms with E-state index in [1.807, 2.05) is 11.8 Å². The zero-order chi connectivity index (χ0) is 14.0. The summed E-state index contributed by atoms with van der Waals surface area (Å²) < 4.78 is 0. The molecular formula is C13H19N3O2S. The number of hydrogen-bond donors (Lipinski definition) is 2. The summed E-state index contributed by atoms with van der Waals surface area (Å²) in [5.74, 6) is -0.542. The first-order valence-corrected chi connectivity index (χ1v) is 7.68. The van der Waals surface area contributed by atoms with E-state index in [1.54, 1.807) is 13.8 Å². The van der Waals surface area contributed by atoms with Gasteiger partial charge in [0.25, 0.3) is 0 Å². The number of rotatable bonds is 4. The Bertz CT molecular complexity index is 493. The predicted octanol–water partition coefficient (Wildman–Crippen LogP) is 2.49. The summed E-state index contributed by atoms with van der Waals surface area (Å²) in [4.78, 5) is 11.4. The van der Waals surface area contributed by atoms with Gasteiger partial charge in [0.2, 0.25) is 0 Å². The molecule has 6 heteroatoms. The van der Waals surface area contributed by atoms with E-state index >= 15 is 0 Å². The van der Waals surface area contributed by atoms with Gasteiger partial charge in [-0.1, -0.05) is 0 Å². The van der Waals surface area contributed by atoms with Gasteiger partial charge in [-0.15, -0.1) is 5.10 Å². The molecule has 5 nitrogen and oxygen atoms in total. The number of aromatic carboxylic acids is 1. The van der Waals surface area contributed by atoms with Crippen LogP contribution in [0.15, 0.2) is 0 Å². The predicted molar refractivity (Wildman–Crippen MR) is 77.0 cm³/mol. The first-order chi connectivity index (χ1) is 9.02. The molecule has 0 bridgehead atoms. The number of anilines is 1. The van der Waals surface area contributed by atoms with E-state index in [9.17, 15) is 9.90 Å². The highest BCUT2D eigenvalue weighted by atomic mass is 32.2. The third-order valence-electron chi connectivity index (χ3n) is 3.73. The van der Waals surface area contributed by atoms with Gasteiger partial charge in [0.15, 0.2) is 5.82 Å². The Hall–Kier alpha value is -1.30. The summed E-state index contributed by atoms with van der Waals surface area (Å²) in [6.07, 6.45) is 5.39. The number of aryl methyl sites for hydroxylation is 1. The number of nitrogens with zero attached hydrogens (tertiary/aromatic N) is 2. The number of aromatic nitrogens is 2. The van der Waals surface area contributed by atoms with Crippen LogP contribution in [0, 0.1) is 13.8 Å². The first kappa shape index (κ1) is 14.1. The van der Waals surface area contributed by atoms with Crippen LogP contribution < -0.4 is 5.32 Å². The largest absolute Gasteiger partial charge is 0.478 e. The quantitative estimate of drug-likeness (QED) is 0.883. The highest BCUT2D eigenvalue weighted by Gasteiger charge is 2.26. The SMILES string of the molecule is CSC1CCC(Nc2nnc(C)c(C)c2C(=O)O)C1. The van der Waals surface area contributed by atoms with Crippen LogP contribution in [0.4, 0.5) is 5.82 Å². The standard InChI is InChI=1S/C13H19N3O2S/c1-7-8(2)15-16-12(11(7)13(17)18)14-9-4-5-10(6-9)19-3/h9-10H,4-6H2,1-3H3,(H,14,16)(H,17,18). The van der Waals surface area contributed by atoms with E-state index in [2.05, 4.69) is 21.8 Å². The lowest BCUT2D eigenvalue weighted by Crippen LogP contribution is -2.21. The van der Waals surface area contributed by atoms with E-state index in [0.29, 0.717) is 28.4 Å². The van der Waals surface area contributed by atoms with E-state index in [1.165, 1.54) is 6.42 Å². The molecule has 0 aliphatic heterocycles. The van der Waals surface area contributed by atoms with Gasteiger partial charge in [-0.25, -0.2) is 4.79 Å². The van der Waals surface area contributed by atoms with Crippen molar-refractivity contribution in [3.05, 3.63) is 16.8 Å². The molecule has 19 heavy (non-hydrogen) atoms. The molecule has 0 aromatic carbocycles. The molecule has 1 aromatic heterocycles. The number of thioether (sulfide) groups is 1. The molecule has 0 radical (unpaired) electrons. The Balaban J connectivity index is 2.21. The normalized spacial score (nSPS) is 22.5. The molecule has 0 saturated heterocycles. The Kier molecular flexibility index (Phi) is 4.29. The second kappa shape index (κ2) is 5.77. The van der Waals surface area contributed by atoms with Gasteiger partial charge in [0, 0.05) is 11.3 Å². The third-order valence-corrected chi connectivity index (χ3v) is 4.82. The molecule has 104 valence electrons. The van der Waals surface area contributed by atoms with Crippen LogP contribution in [0.5, 0.6) is 0 Å². The molecule has 2 rings (SSSR count). The van der Waals surface area contributed by atoms with Crippen molar-refractivity contribution in [3.8, 4) is 0 Å². The molecule has 2 unspecified atom stereocenters. The fourth-order valence-electron chi connectivity index (χ4n) is 2.45. The molecule has 2 N–H and O–H groups in total. The van der Waals surface area contributed by atoms with Crippen molar-refractivity contribution in [2.45, 2.75) is 44.4 Å². The van der Waals surface area contributed by atoms with E-state index in [4.69, 9.17) is 0 Å². The number of carbonyl (C=O) groups is 1. The highest BCUT2D eigenvalue weighted by Crippen LogP contribution is 2.31. The minimum absolute atomic E-state index is 0.250. The lowest BCUT2D eigenvalue weighted by atomic mass is 10.1. The van der Waals surface area contributed by atoms with Crippen molar-refractivity contribution < 1.29 is 9.90 Å². The summed E-state index contributed by atoms with van der Waals surface area (Å²) in [5.41, 5.74) is 1.60. The molecule has 1 saturated carbocycles. The van der Waals surface area contributed by atoms with E-state index in [-0.39, 0.29) is 5.56 Å². The van der Waals surface area contributed by atoms with Crippen LogP contribution in [0.2, 0.25) is 0 Å².